The van der Waals surface area contributed by atoms with Crippen LogP contribution in [-0.2, 0) is 6.54 Å². The SMILES string of the molecule is C=C.O=C1CCn2c(Cl)nc3cccc1c32. The number of nitrogens with zero attached hydrogens (tertiary/aromatic N) is 2. The van der Waals surface area contributed by atoms with Crippen LogP contribution in [0.5, 0.6) is 0 Å². The van der Waals surface area contributed by atoms with Crippen molar-refractivity contribution in [3.8, 4) is 0 Å². The zero-order chi connectivity index (χ0) is 11.7. The molecule has 0 unspecified atom stereocenters. The molecule has 1 aromatic heterocycles. The van der Waals surface area contributed by atoms with Crippen LogP contribution in [0.3, 0.4) is 0 Å². The van der Waals surface area contributed by atoms with E-state index in [2.05, 4.69) is 18.1 Å². The number of ketones is 1. The number of para-hydroxylation sites is 1. The van der Waals surface area contributed by atoms with Gasteiger partial charge in [-0.25, -0.2) is 4.98 Å². The zero-order valence-corrected chi connectivity index (χ0v) is 9.50. The summed E-state index contributed by atoms with van der Waals surface area (Å²) in [6.45, 7) is 6.64. The lowest BCUT2D eigenvalue weighted by molar-refractivity contribution is 0.0973. The van der Waals surface area contributed by atoms with Crippen molar-refractivity contribution >= 4 is 28.4 Å². The molecule has 3 rings (SSSR count). The summed E-state index contributed by atoms with van der Waals surface area (Å²) in [6, 6.07) is 5.55. The summed E-state index contributed by atoms with van der Waals surface area (Å²) >= 11 is 5.96. The predicted molar refractivity (Wildman–Crippen MR) is 64.9 cm³/mol. The van der Waals surface area contributed by atoms with Gasteiger partial charge in [-0.1, -0.05) is 6.07 Å². The fraction of sp³-hybridized carbons (Fsp3) is 0.167. The first kappa shape index (κ1) is 10.9. The summed E-state index contributed by atoms with van der Waals surface area (Å²) in [6.07, 6.45) is 0.516. The van der Waals surface area contributed by atoms with Crippen molar-refractivity contribution in [1.29, 1.82) is 0 Å². The topological polar surface area (TPSA) is 34.9 Å². The van der Waals surface area contributed by atoms with Gasteiger partial charge >= 0.3 is 0 Å². The Bertz CT molecular complexity index is 559. The first-order chi connectivity index (χ1) is 7.77. The van der Waals surface area contributed by atoms with Crippen molar-refractivity contribution in [2.45, 2.75) is 13.0 Å². The van der Waals surface area contributed by atoms with Gasteiger partial charge in [-0.3, -0.25) is 4.79 Å². The molecule has 2 aromatic rings. The van der Waals surface area contributed by atoms with Crippen molar-refractivity contribution in [2.24, 2.45) is 0 Å². The van der Waals surface area contributed by atoms with E-state index in [0.717, 1.165) is 16.6 Å². The van der Waals surface area contributed by atoms with E-state index < -0.39 is 0 Å². The fourth-order valence-electron chi connectivity index (χ4n) is 1.93. The van der Waals surface area contributed by atoms with Gasteiger partial charge in [0.15, 0.2) is 5.78 Å². The van der Waals surface area contributed by atoms with E-state index in [1.165, 1.54) is 0 Å². The highest BCUT2D eigenvalue weighted by Gasteiger charge is 2.21. The van der Waals surface area contributed by atoms with Crippen LogP contribution in [0.25, 0.3) is 11.0 Å². The van der Waals surface area contributed by atoms with E-state index in [-0.39, 0.29) is 5.78 Å². The van der Waals surface area contributed by atoms with E-state index >= 15 is 0 Å². The lowest BCUT2D eigenvalue weighted by atomic mass is 10.0. The second kappa shape index (κ2) is 4.10. The van der Waals surface area contributed by atoms with Gasteiger partial charge < -0.3 is 4.57 Å². The molecule has 82 valence electrons. The average Bonchev–Trinajstić information content (AvgIpc) is 2.64. The summed E-state index contributed by atoms with van der Waals surface area (Å²) < 4.78 is 1.90. The van der Waals surface area contributed by atoms with Crippen molar-refractivity contribution < 1.29 is 4.79 Å². The third-order valence-electron chi connectivity index (χ3n) is 2.58. The lowest BCUT2D eigenvalue weighted by Gasteiger charge is -2.13. The van der Waals surface area contributed by atoms with Crippen molar-refractivity contribution in [2.75, 3.05) is 0 Å². The highest BCUT2D eigenvalue weighted by Crippen LogP contribution is 2.28. The molecule has 0 aliphatic carbocycles. The monoisotopic (exact) mass is 234 g/mol. The minimum atomic E-state index is 0.180. The van der Waals surface area contributed by atoms with Gasteiger partial charge in [0, 0.05) is 18.5 Å². The number of aromatic nitrogens is 2. The quantitative estimate of drug-likeness (QED) is 0.657. The first-order valence-electron chi connectivity index (χ1n) is 4.95. The molecule has 0 N–H and O–H groups in total. The van der Waals surface area contributed by atoms with E-state index in [1.807, 2.05) is 22.8 Å². The number of hydrogen-bond donors (Lipinski definition) is 0. The molecule has 1 aliphatic rings. The van der Waals surface area contributed by atoms with Crippen LogP contribution in [-0.4, -0.2) is 15.3 Å². The number of aryl methyl sites for hydroxylation is 1. The van der Waals surface area contributed by atoms with Crippen LogP contribution in [0.4, 0.5) is 0 Å². The van der Waals surface area contributed by atoms with Gasteiger partial charge in [0.2, 0.25) is 5.28 Å². The van der Waals surface area contributed by atoms with E-state index in [9.17, 15) is 4.79 Å². The Labute approximate surface area is 98.4 Å². The molecule has 4 heteroatoms. The number of imidazole rings is 1. The minimum Gasteiger partial charge on any atom is -0.314 e. The van der Waals surface area contributed by atoms with E-state index in [1.54, 1.807) is 0 Å². The van der Waals surface area contributed by atoms with Gasteiger partial charge in [-0.15, -0.1) is 13.2 Å². The molecule has 0 atom stereocenters. The lowest BCUT2D eigenvalue weighted by Crippen LogP contribution is -2.13. The fourth-order valence-corrected chi connectivity index (χ4v) is 2.19. The van der Waals surface area contributed by atoms with Crippen molar-refractivity contribution in [3.63, 3.8) is 0 Å². The number of rotatable bonds is 0. The van der Waals surface area contributed by atoms with Crippen LogP contribution in [0, 0.1) is 0 Å². The van der Waals surface area contributed by atoms with Crippen molar-refractivity contribution in [1.82, 2.24) is 9.55 Å². The van der Waals surface area contributed by atoms with Gasteiger partial charge in [0.25, 0.3) is 0 Å². The summed E-state index contributed by atoms with van der Waals surface area (Å²) in [5, 5.41) is 0.472. The Balaban J connectivity index is 0.000000457. The van der Waals surface area contributed by atoms with Crippen LogP contribution >= 0.6 is 11.6 Å². The van der Waals surface area contributed by atoms with Crippen LogP contribution in [0.1, 0.15) is 16.8 Å². The van der Waals surface area contributed by atoms with Crippen molar-refractivity contribution in [3.05, 3.63) is 42.2 Å². The van der Waals surface area contributed by atoms with Crippen LogP contribution < -0.4 is 0 Å². The Kier molecular flexibility index (Phi) is 2.79. The number of halogens is 1. The molecule has 0 amide bonds. The molecule has 1 aliphatic heterocycles. The normalized spacial score (nSPS) is 13.4. The predicted octanol–water partition coefficient (Wildman–Crippen LogP) is 3.08. The van der Waals surface area contributed by atoms with E-state index in [4.69, 9.17) is 11.6 Å². The summed E-state index contributed by atoms with van der Waals surface area (Å²) in [5.74, 6) is 0.180. The highest BCUT2D eigenvalue weighted by atomic mass is 35.5. The number of carbonyl (C=O) groups is 1. The van der Waals surface area contributed by atoms with Gasteiger partial charge in [0.05, 0.1) is 11.0 Å². The first-order valence-corrected chi connectivity index (χ1v) is 5.33. The van der Waals surface area contributed by atoms with Crippen LogP contribution in [0.15, 0.2) is 31.4 Å². The Morgan fingerprint density at radius 2 is 2.12 bits per heavy atom. The number of Topliss-reactive ketones (excluding diaryl/α,β-unsaturated/α-hetero) is 1. The molecule has 2 heterocycles. The van der Waals surface area contributed by atoms with E-state index in [0.29, 0.717) is 18.2 Å². The minimum absolute atomic E-state index is 0.180. The zero-order valence-electron chi connectivity index (χ0n) is 8.74. The molecule has 0 saturated heterocycles. The maximum absolute atomic E-state index is 11.6. The molecule has 0 bridgehead atoms. The Morgan fingerprint density at radius 1 is 1.38 bits per heavy atom. The molecule has 0 fully saturated rings. The second-order valence-electron chi connectivity index (χ2n) is 3.38. The third kappa shape index (κ3) is 1.44. The highest BCUT2D eigenvalue weighted by molar-refractivity contribution is 6.29. The molecule has 3 nitrogen and oxygen atoms in total. The maximum Gasteiger partial charge on any atom is 0.203 e. The molecular weight excluding hydrogens is 224 g/mol. The Morgan fingerprint density at radius 3 is 2.88 bits per heavy atom. The van der Waals surface area contributed by atoms with Gasteiger partial charge in [-0.2, -0.15) is 0 Å². The summed E-state index contributed by atoms with van der Waals surface area (Å²) in [7, 11) is 0. The maximum atomic E-state index is 11.6. The third-order valence-corrected chi connectivity index (χ3v) is 2.87. The average molecular weight is 235 g/mol. The number of hydrogen-bond acceptors (Lipinski definition) is 2. The largest absolute Gasteiger partial charge is 0.314 e. The van der Waals surface area contributed by atoms with Gasteiger partial charge in [-0.05, 0) is 23.7 Å². The molecule has 1 aromatic carbocycles. The molecule has 16 heavy (non-hydrogen) atoms. The molecule has 0 spiro atoms. The standard InChI is InChI=1S/C10H7ClN2O.C2H4/c11-10-12-7-3-1-2-6-8(14)4-5-13(10)9(6)7;1-2/h1-3H,4-5H2;1-2H2. The molecule has 0 saturated carbocycles. The number of carbonyl (C=O) groups excluding carboxylic acids is 1. The second-order valence-corrected chi connectivity index (χ2v) is 3.72. The summed E-state index contributed by atoms with van der Waals surface area (Å²) in [4.78, 5) is 15.8. The van der Waals surface area contributed by atoms with Crippen LogP contribution in [0.2, 0.25) is 5.28 Å². The molecule has 0 radical (unpaired) electrons. The summed E-state index contributed by atoms with van der Waals surface area (Å²) in [5.41, 5.74) is 2.43. The van der Waals surface area contributed by atoms with Gasteiger partial charge in [0.1, 0.15) is 0 Å². The smallest absolute Gasteiger partial charge is 0.203 e. The molecular formula is C12H11ClN2O. The number of benzene rings is 1. The Hall–Kier alpha value is -1.61.